The van der Waals surface area contributed by atoms with E-state index in [0.717, 1.165) is 0 Å². The molecule has 0 rings (SSSR count). The minimum atomic E-state index is -0.556. The summed E-state index contributed by atoms with van der Waals surface area (Å²) in [7, 11) is 1.56. The average molecular weight is 187 g/mol. The minimum Gasteiger partial charge on any atom is -0.355 e. The molecule has 3 N–H and O–H groups in total. The van der Waals surface area contributed by atoms with Crippen molar-refractivity contribution in [2.75, 3.05) is 20.1 Å². The van der Waals surface area contributed by atoms with E-state index in [1.54, 1.807) is 14.0 Å². The van der Waals surface area contributed by atoms with E-state index in [1.165, 1.54) is 4.90 Å². The molecule has 0 aliphatic rings. The molecule has 0 aromatic heterocycles. The molecule has 0 saturated heterocycles. The van der Waals surface area contributed by atoms with Crippen LogP contribution in [0.2, 0.25) is 0 Å². The highest BCUT2D eigenvalue weighted by Crippen LogP contribution is 1.88. The third-order valence-corrected chi connectivity index (χ3v) is 1.52. The van der Waals surface area contributed by atoms with Gasteiger partial charge < -0.3 is 16.0 Å². The van der Waals surface area contributed by atoms with E-state index in [4.69, 9.17) is 5.73 Å². The molecule has 5 nitrogen and oxygen atoms in total. The van der Waals surface area contributed by atoms with Crippen molar-refractivity contribution < 1.29 is 9.59 Å². The summed E-state index contributed by atoms with van der Waals surface area (Å²) in [5.41, 5.74) is 5.36. The second-order valence-electron chi connectivity index (χ2n) is 2.94. The van der Waals surface area contributed by atoms with Crippen molar-refractivity contribution in [2.24, 2.45) is 5.73 Å². The summed E-state index contributed by atoms with van der Waals surface area (Å²) in [6.45, 7) is 4.05. The molecule has 0 radical (unpaired) electrons. The Morgan fingerprint density at radius 1 is 1.54 bits per heavy atom. The van der Waals surface area contributed by atoms with Gasteiger partial charge in [0.2, 0.25) is 11.8 Å². The van der Waals surface area contributed by atoms with Crippen molar-refractivity contribution in [1.82, 2.24) is 10.2 Å². The summed E-state index contributed by atoms with van der Waals surface area (Å²) >= 11 is 0. The number of nitrogens with one attached hydrogen (secondary N) is 1. The molecular weight excluding hydrogens is 170 g/mol. The molecule has 0 aliphatic heterocycles. The highest BCUT2D eigenvalue weighted by molar-refractivity contribution is 5.86. The zero-order valence-corrected chi connectivity index (χ0v) is 8.33. The van der Waals surface area contributed by atoms with E-state index < -0.39 is 6.04 Å². The van der Waals surface area contributed by atoms with Crippen LogP contribution in [0.4, 0.5) is 0 Å². The Hall–Kier alpha value is -1.10. The molecule has 13 heavy (non-hydrogen) atoms. The van der Waals surface area contributed by atoms with Crippen LogP contribution in [0.5, 0.6) is 0 Å². The van der Waals surface area contributed by atoms with Crippen molar-refractivity contribution in [1.29, 1.82) is 0 Å². The van der Waals surface area contributed by atoms with Gasteiger partial charge >= 0.3 is 0 Å². The van der Waals surface area contributed by atoms with Crippen LogP contribution < -0.4 is 11.1 Å². The molecular formula is C8H17N3O2. The van der Waals surface area contributed by atoms with Gasteiger partial charge in [-0.3, -0.25) is 9.59 Å². The molecule has 1 unspecified atom stereocenters. The average Bonchev–Trinajstić information content (AvgIpc) is 2.03. The van der Waals surface area contributed by atoms with Crippen LogP contribution in [-0.4, -0.2) is 42.9 Å². The largest absolute Gasteiger partial charge is 0.355 e. The van der Waals surface area contributed by atoms with Crippen LogP contribution in [0.3, 0.4) is 0 Å². The number of nitrogens with zero attached hydrogens (tertiary/aromatic N) is 1. The van der Waals surface area contributed by atoms with Gasteiger partial charge in [0, 0.05) is 13.6 Å². The summed E-state index contributed by atoms with van der Waals surface area (Å²) in [5, 5.41) is 2.60. The topological polar surface area (TPSA) is 75.4 Å². The van der Waals surface area contributed by atoms with E-state index in [1.807, 2.05) is 6.92 Å². The van der Waals surface area contributed by atoms with Crippen molar-refractivity contribution in [3.8, 4) is 0 Å². The van der Waals surface area contributed by atoms with Crippen LogP contribution in [0.1, 0.15) is 13.8 Å². The summed E-state index contributed by atoms with van der Waals surface area (Å²) in [4.78, 5) is 23.6. The molecule has 0 saturated carbocycles. The Kier molecular flexibility index (Phi) is 5.06. The third-order valence-electron chi connectivity index (χ3n) is 1.52. The summed E-state index contributed by atoms with van der Waals surface area (Å²) in [6, 6.07) is -0.556. The minimum absolute atomic E-state index is 0.0637. The van der Waals surface area contributed by atoms with Crippen LogP contribution in [0, 0.1) is 0 Å². The first-order chi connectivity index (χ1) is 5.99. The van der Waals surface area contributed by atoms with Crippen LogP contribution in [-0.2, 0) is 9.59 Å². The van der Waals surface area contributed by atoms with Crippen LogP contribution in [0.15, 0.2) is 0 Å². The van der Waals surface area contributed by atoms with Gasteiger partial charge in [0.05, 0.1) is 12.6 Å². The number of nitrogens with two attached hydrogens (primary N) is 1. The molecule has 0 bridgehead atoms. The second kappa shape index (κ2) is 5.53. The third kappa shape index (κ3) is 4.47. The predicted molar refractivity (Wildman–Crippen MR) is 50.0 cm³/mol. The maximum Gasteiger partial charge on any atom is 0.239 e. The molecule has 0 aliphatic carbocycles. The van der Waals surface area contributed by atoms with Crippen LogP contribution in [0.25, 0.3) is 0 Å². The lowest BCUT2D eigenvalue weighted by Crippen LogP contribution is -2.44. The van der Waals surface area contributed by atoms with Gasteiger partial charge in [0.15, 0.2) is 0 Å². The first-order valence-corrected chi connectivity index (χ1v) is 4.26. The highest BCUT2D eigenvalue weighted by Gasteiger charge is 2.15. The number of hydrogen-bond acceptors (Lipinski definition) is 3. The maximum absolute atomic E-state index is 11.2. The van der Waals surface area contributed by atoms with Crippen molar-refractivity contribution in [3.63, 3.8) is 0 Å². The van der Waals surface area contributed by atoms with Gasteiger partial charge in [0.25, 0.3) is 0 Å². The molecule has 0 fully saturated rings. The lowest BCUT2D eigenvalue weighted by molar-refractivity contribution is -0.135. The number of rotatable bonds is 4. The lowest BCUT2D eigenvalue weighted by Gasteiger charge is -2.18. The zero-order chi connectivity index (χ0) is 10.4. The molecule has 76 valence electrons. The van der Waals surface area contributed by atoms with E-state index in [2.05, 4.69) is 5.32 Å². The van der Waals surface area contributed by atoms with Gasteiger partial charge in [0.1, 0.15) is 0 Å². The summed E-state index contributed by atoms with van der Waals surface area (Å²) in [5.74, 6) is -0.398. The second-order valence-corrected chi connectivity index (χ2v) is 2.94. The fraction of sp³-hybridized carbons (Fsp3) is 0.750. The van der Waals surface area contributed by atoms with E-state index >= 15 is 0 Å². The zero-order valence-electron chi connectivity index (χ0n) is 8.33. The number of amides is 2. The molecule has 0 spiro atoms. The Bertz CT molecular complexity index is 192. The fourth-order valence-electron chi connectivity index (χ4n) is 0.894. The number of carbonyl (C=O) groups excluding carboxylic acids is 2. The molecule has 0 aromatic rings. The van der Waals surface area contributed by atoms with Gasteiger partial charge in [-0.2, -0.15) is 0 Å². The summed E-state index contributed by atoms with van der Waals surface area (Å²) < 4.78 is 0. The lowest BCUT2D eigenvalue weighted by atomic mass is 10.3. The van der Waals surface area contributed by atoms with Gasteiger partial charge in [-0.25, -0.2) is 0 Å². The quantitative estimate of drug-likeness (QED) is 0.588. The predicted octanol–water partition coefficient (Wildman–Crippen LogP) is -1.07. The Morgan fingerprint density at radius 2 is 2.08 bits per heavy atom. The Morgan fingerprint density at radius 3 is 2.46 bits per heavy atom. The smallest absolute Gasteiger partial charge is 0.239 e. The SMILES string of the molecule is CCNC(=O)CN(C)C(=O)C(C)N. The van der Waals surface area contributed by atoms with Gasteiger partial charge in [-0.05, 0) is 13.8 Å². The Labute approximate surface area is 78.3 Å². The fourth-order valence-corrected chi connectivity index (χ4v) is 0.894. The highest BCUT2D eigenvalue weighted by atomic mass is 16.2. The van der Waals surface area contributed by atoms with E-state index in [0.29, 0.717) is 6.54 Å². The van der Waals surface area contributed by atoms with Gasteiger partial charge in [-0.1, -0.05) is 0 Å². The molecule has 0 aromatic carbocycles. The normalized spacial score (nSPS) is 12.0. The first kappa shape index (κ1) is 11.9. The van der Waals surface area contributed by atoms with Crippen molar-refractivity contribution in [3.05, 3.63) is 0 Å². The van der Waals surface area contributed by atoms with Gasteiger partial charge in [-0.15, -0.1) is 0 Å². The van der Waals surface area contributed by atoms with E-state index in [-0.39, 0.29) is 18.4 Å². The van der Waals surface area contributed by atoms with Crippen molar-refractivity contribution >= 4 is 11.8 Å². The Balaban J connectivity index is 3.92. The molecule has 0 heterocycles. The molecule has 1 atom stereocenters. The standard InChI is InChI=1S/C8H17N3O2/c1-4-10-7(12)5-11(3)8(13)6(2)9/h6H,4-5,9H2,1-3H3,(H,10,12). The monoisotopic (exact) mass is 187 g/mol. The number of carbonyl (C=O) groups is 2. The van der Waals surface area contributed by atoms with E-state index in [9.17, 15) is 9.59 Å². The molecule has 2 amide bonds. The number of hydrogen-bond donors (Lipinski definition) is 2. The first-order valence-electron chi connectivity index (χ1n) is 4.26. The maximum atomic E-state index is 11.2. The van der Waals surface area contributed by atoms with Crippen molar-refractivity contribution in [2.45, 2.75) is 19.9 Å². The summed E-state index contributed by atoms with van der Waals surface area (Å²) in [6.07, 6.45) is 0. The number of likely N-dealkylation sites (N-methyl/N-ethyl adjacent to an activating group) is 2. The van der Waals surface area contributed by atoms with Crippen LogP contribution >= 0.6 is 0 Å². The molecule has 5 heteroatoms.